The highest BCUT2D eigenvalue weighted by Gasteiger charge is 2.34. The van der Waals surface area contributed by atoms with Crippen LogP contribution in [0.3, 0.4) is 0 Å². The fourth-order valence-electron chi connectivity index (χ4n) is 3.61. The van der Waals surface area contributed by atoms with Crippen molar-refractivity contribution < 1.29 is 17.9 Å². The Bertz CT molecular complexity index is 1050. The van der Waals surface area contributed by atoms with E-state index < -0.39 is 16.1 Å². The summed E-state index contributed by atoms with van der Waals surface area (Å²) in [6, 6.07) is 10.9. The Labute approximate surface area is 175 Å². The number of benzene rings is 2. The van der Waals surface area contributed by atoms with Gasteiger partial charge in [-0.25, -0.2) is 4.72 Å². The van der Waals surface area contributed by atoms with Gasteiger partial charge in [0.1, 0.15) is 0 Å². The summed E-state index contributed by atoms with van der Waals surface area (Å²) in [5, 5.41) is 0.581. The molecule has 0 aliphatic carbocycles. The van der Waals surface area contributed by atoms with E-state index in [1.54, 1.807) is 18.2 Å². The number of amides is 1. The number of hydrogen-bond donors (Lipinski definition) is 1. The Morgan fingerprint density at radius 3 is 2.55 bits per heavy atom. The third kappa shape index (κ3) is 4.11. The summed E-state index contributed by atoms with van der Waals surface area (Å²) in [7, 11) is -3.93. The van der Waals surface area contributed by atoms with E-state index in [-0.39, 0.29) is 6.54 Å². The number of anilines is 1. The van der Waals surface area contributed by atoms with Crippen molar-refractivity contribution in [2.24, 2.45) is 0 Å². The molecule has 0 radical (unpaired) electrons. The van der Waals surface area contributed by atoms with Crippen molar-refractivity contribution in [1.82, 2.24) is 9.62 Å². The van der Waals surface area contributed by atoms with Gasteiger partial charge in [0.25, 0.3) is 5.91 Å². The molecule has 0 unspecified atom stereocenters. The Balaban J connectivity index is 1.67. The number of carbonyl (C=O) groups is 1. The molecule has 4 rings (SSSR count). The predicted molar refractivity (Wildman–Crippen MR) is 113 cm³/mol. The lowest BCUT2D eigenvalue weighted by Gasteiger charge is -2.33. The fourth-order valence-corrected chi connectivity index (χ4v) is 5.15. The van der Waals surface area contributed by atoms with Crippen LogP contribution in [0.2, 0.25) is 5.02 Å². The molecule has 0 bridgehead atoms. The molecule has 29 heavy (non-hydrogen) atoms. The molecule has 2 aliphatic heterocycles. The number of nitrogens with one attached hydrogen (secondary N) is 1. The van der Waals surface area contributed by atoms with Crippen LogP contribution in [0.15, 0.2) is 36.4 Å². The summed E-state index contributed by atoms with van der Waals surface area (Å²) in [6.45, 7) is 5.56. The average Bonchev–Trinajstić information content (AvgIpc) is 2.68. The van der Waals surface area contributed by atoms with Crippen molar-refractivity contribution in [2.45, 2.75) is 6.92 Å². The molecular weight excluding hydrogens is 414 g/mol. The Kier molecular flexibility index (Phi) is 5.52. The zero-order valence-electron chi connectivity index (χ0n) is 16.0. The number of halogens is 1. The average molecular weight is 436 g/mol. The summed E-state index contributed by atoms with van der Waals surface area (Å²) in [6.07, 6.45) is 0. The van der Waals surface area contributed by atoms with Gasteiger partial charge in [-0.05, 0) is 36.2 Å². The molecule has 0 atom stereocenters. The number of hydrogen-bond acceptors (Lipinski definition) is 5. The van der Waals surface area contributed by atoms with Gasteiger partial charge in [0.2, 0.25) is 0 Å². The molecule has 2 heterocycles. The Hall–Kier alpha value is -2.13. The van der Waals surface area contributed by atoms with E-state index >= 15 is 0 Å². The van der Waals surface area contributed by atoms with E-state index in [2.05, 4.69) is 9.62 Å². The minimum Gasteiger partial charge on any atom is -0.379 e. The molecule has 1 amide bonds. The molecule has 9 heteroatoms. The maximum absolute atomic E-state index is 12.6. The number of nitrogens with zero attached hydrogens (tertiary/aromatic N) is 2. The minimum atomic E-state index is -3.93. The first-order valence-corrected chi connectivity index (χ1v) is 11.2. The molecule has 0 spiro atoms. The van der Waals surface area contributed by atoms with Crippen molar-refractivity contribution in [2.75, 3.05) is 43.7 Å². The lowest BCUT2D eigenvalue weighted by Crippen LogP contribution is -2.51. The second kappa shape index (κ2) is 7.95. The molecular formula is C20H22ClN3O4S. The van der Waals surface area contributed by atoms with Gasteiger partial charge in [0.05, 0.1) is 24.5 Å². The number of fused-ring (bicyclic) bond motifs is 1. The summed E-state index contributed by atoms with van der Waals surface area (Å²) >= 11 is 6.37. The molecule has 1 saturated heterocycles. The topological polar surface area (TPSA) is 79.0 Å². The second-order valence-electron chi connectivity index (χ2n) is 7.18. The predicted octanol–water partition coefficient (Wildman–Crippen LogP) is 2.44. The van der Waals surface area contributed by atoms with E-state index in [0.29, 0.717) is 36.0 Å². The maximum atomic E-state index is 12.6. The quantitative estimate of drug-likeness (QED) is 0.798. The number of morpholine rings is 1. The van der Waals surface area contributed by atoms with Crippen LogP contribution >= 0.6 is 11.6 Å². The zero-order chi connectivity index (χ0) is 20.6. The van der Waals surface area contributed by atoms with Crippen molar-refractivity contribution >= 4 is 33.4 Å². The van der Waals surface area contributed by atoms with Crippen LogP contribution in [0, 0.1) is 6.92 Å². The van der Waals surface area contributed by atoms with Crippen LogP contribution in [0.4, 0.5) is 5.69 Å². The van der Waals surface area contributed by atoms with Crippen LogP contribution in [0.25, 0.3) is 11.1 Å². The SMILES string of the molecule is Cc1ccc(-c2ccc3c(c2)C(=O)NS(=O)(=O)N3CCN2CCOCC2)c(Cl)c1. The highest BCUT2D eigenvalue weighted by atomic mass is 35.5. The normalized spacial score (nSPS) is 19.0. The number of ether oxygens (including phenoxy) is 1. The number of rotatable bonds is 4. The Morgan fingerprint density at radius 2 is 1.83 bits per heavy atom. The van der Waals surface area contributed by atoms with Crippen molar-refractivity contribution in [3.05, 3.63) is 52.5 Å². The zero-order valence-corrected chi connectivity index (χ0v) is 17.6. The first-order valence-electron chi connectivity index (χ1n) is 9.41. The highest BCUT2D eigenvalue weighted by molar-refractivity contribution is 7.91. The van der Waals surface area contributed by atoms with E-state index in [1.165, 1.54) is 4.31 Å². The lowest BCUT2D eigenvalue weighted by molar-refractivity contribution is 0.0395. The molecule has 154 valence electrons. The first-order chi connectivity index (χ1) is 13.8. The molecule has 2 aromatic rings. The summed E-state index contributed by atoms with van der Waals surface area (Å²) < 4.78 is 33.9. The molecule has 0 saturated carbocycles. The first kappa shape index (κ1) is 20.2. The van der Waals surface area contributed by atoms with E-state index in [1.807, 2.05) is 25.1 Å². The van der Waals surface area contributed by atoms with Crippen molar-refractivity contribution in [1.29, 1.82) is 0 Å². The van der Waals surface area contributed by atoms with Gasteiger partial charge in [0, 0.05) is 36.8 Å². The van der Waals surface area contributed by atoms with Gasteiger partial charge in [0.15, 0.2) is 0 Å². The minimum absolute atomic E-state index is 0.250. The van der Waals surface area contributed by atoms with Crippen molar-refractivity contribution in [3.8, 4) is 11.1 Å². The summed E-state index contributed by atoms with van der Waals surface area (Å²) in [4.78, 5) is 14.6. The molecule has 2 aromatic carbocycles. The second-order valence-corrected chi connectivity index (χ2v) is 9.18. The molecule has 0 aromatic heterocycles. The van der Waals surface area contributed by atoms with Gasteiger partial charge in [-0.3, -0.25) is 14.0 Å². The highest BCUT2D eigenvalue weighted by Crippen LogP contribution is 2.34. The maximum Gasteiger partial charge on any atom is 0.326 e. The summed E-state index contributed by atoms with van der Waals surface area (Å²) in [5.74, 6) is -0.632. The van der Waals surface area contributed by atoms with Crippen molar-refractivity contribution in [3.63, 3.8) is 0 Å². The van der Waals surface area contributed by atoms with Crippen LogP contribution in [-0.4, -0.2) is 58.6 Å². The van der Waals surface area contributed by atoms with Gasteiger partial charge >= 0.3 is 10.2 Å². The van der Waals surface area contributed by atoms with Crippen LogP contribution in [0.5, 0.6) is 0 Å². The molecule has 2 aliphatic rings. The van der Waals surface area contributed by atoms with Gasteiger partial charge in [-0.2, -0.15) is 8.42 Å². The molecule has 1 fully saturated rings. The van der Waals surface area contributed by atoms with Crippen LogP contribution in [0.1, 0.15) is 15.9 Å². The molecule has 7 nitrogen and oxygen atoms in total. The summed E-state index contributed by atoms with van der Waals surface area (Å²) in [5.41, 5.74) is 3.29. The monoisotopic (exact) mass is 435 g/mol. The van der Waals surface area contributed by atoms with Crippen LogP contribution < -0.4 is 9.03 Å². The lowest BCUT2D eigenvalue weighted by atomic mass is 10.00. The van der Waals surface area contributed by atoms with Gasteiger partial charge in [-0.15, -0.1) is 0 Å². The smallest absolute Gasteiger partial charge is 0.326 e. The Morgan fingerprint density at radius 1 is 1.07 bits per heavy atom. The largest absolute Gasteiger partial charge is 0.379 e. The van der Waals surface area contributed by atoms with Crippen LogP contribution in [-0.2, 0) is 14.9 Å². The third-order valence-corrected chi connectivity index (χ3v) is 6.90. The van der Waals surface area contributed by atoms with Gasteiger partial charge < -0.3 is 4.74 Å². The molecule has 1 N–H and O–H groups in total. The third-order valence-electron chi connectivity index (χ3n) is 5.18. The van der Waals surface area contributed by atoms with Gasteiger partial charge in [-0.1, -0.05) is 29.8 Å². The number of aryl methyl sites for hydroxylation is 1. The van der Waals surface area contributed by atoms with E-state index in [9.17, 15) is 13.2 Å². The fraction of sp³-hybridized carbons (Fsp3) is 0.350. The van der Waals surface area contributed by atoms with E-state index in [0.717, 1.165) is 29.8 Å². The van der Waals surface area contributed by atoms with E-state index in [4.69, 9.17) is 16.3 Å². The number of carbonyl (C=O) groups excluding carboxylic acids is 1. The standard InChI is InChI=1S/C20H22ClN3O4S/c1-14-2-4-16(18(21)12-14)15-3-5-19-17(13-15)20(25)22-29(26,27)24(19)7-6-23-8-10-28-11-9-23/h2-5,12-13H,6-11H2,1H3,(H,22,25).